The smallest absolute Gasteiger partial charge is 0.0621 e. The SMILES string of the molecule is CSCCCCCNC1CC(O)C1(C)C. The Morgan fingerprint density at radius 1 is 1.33 bits per heavy atom. The molecule has 2 nitrogen and oxygen atoms in total. The first-order valence-corrected chi connectivity index (χ1v) is 7.39. The van der Waals surface area contributed by atoms with Crippen molar-refractivity contribution in [3.63, 3.8) is 0 Å². The van der Waals surface area contributed by atoms with E-state index in [-0.39, 0.29) is 11.5 Å². The molecule has 1 aliphatic rings. The van der Waals surface area contributed by atoms with Crippen LogP contribution in [0.1, 0.15) is 39.5 Å². The van der Waals surface area contributed by atoms with Gasteiger partial charge in [-0.3, -0.25) is 0 Å². The van der Waals surface area contributed by atoms with Crippen molar-refractivity contribution in [3.05, 3.63) is 0 Å². The summed E-state index contributed by atoms with van der Waals surface area (Å²) in [7, 11) is 0. The molecule has 0 aromatic heterocycles. The zero-order valence-electron chi connectivity index (χ0n) is 10.3. The third-order valence-corrected chi connectivity index (χ3v) is 4.33. The lowest BCUT2D eigenvalue weighted by Crippen LogP contribution is -2.60. The fourth-order valence-corrected chi connectivity index (χ4v) is 2.57. The first-order valence-electron chi connectivity index (χ1n) is 5.99. The second kappa shape index (κ2) is 6.12. The van der Waals surface area contributed by atoms with Gasteiger partial charge in [-0.2, -0.15) is 11.8 Å². The van der Waals surface area contributed by atoms with Gasteiger partial charge < -0.3 is 10.4 Å². The van der Waals surface area contributed by atoms with Crippen LogP contribution in [0, 0.1) is 5.41 Å². The van der Waals surface area contributed by atoms with Crippen molar-refractivity contribution in [3.8, 4) is 0 Å². The summed E-state index contributed by atoms with van der Waals surface area (Å²) < 4.78 is 0. The van der Waals surface area contributed by atoms with Crippen LogP contribution in [-0.2, 0) is 0 Å². The molecule has 1 aliphatic carbocycles. The minimum absolute atomic E-state index is 0.0826. The van der Waals surface area contributed by atoms with Crippen LogP contribution in [0.4, 0.5) is 0 Å². The van der Waals surface area contributed by atoms with Crippen molar-refractivity contribution in [2.24, 2.45) is 5.41 Å². The third kappa shape index (κ3) is 3.65. The number of rotatable bonds is 7. The molecule has 2 unspecified atom stereocenters. The van der Waals surface area contributed by atoms with E-state index in [0.29, 0.717) is 6.04 Å². The number of nitrogens with one attached hydrogen (secondary N) is 1. The molecule has 2 atom stereocenters. The molecule has 0 heterocycles. The summed E-state index contributed by atoms with van der Waals surface area (Å²) in [6.45, 7) is 5.40. The van der Waals surface area contributed by atoms with E-state index in [1.165, 1.54) is 25.0 Å². The largest absolute Gasteiger partial charge is 0.392 e. The molecule has 0 saturated heterocycles. The summed E-state index contributed by atoms with van der Waals surface area (Å²) >= 11 is 1.93. The van der Waals surface area contributed by atoms with E-state index in [9.17, 15) is 5.11 Å². The van der Waals surface area contributed by atoms with Crippen LogP contribution >= 0.6 is 11.8 Å². The number of hydrogen-bond acceptors (Lipinski definition) is 3. The Labute approximate surface area is 98.2 Å². The van der Waals surface area contributed by atoms with Crippen molar-refractivity contribution in [1.29, 1.82) is 0 Å². The number of aliphatic hydroxyl groups excluding tert-OH is 1. The molecule has 0 amide bonds. The number of thioether (sulfide) groups is 1. The van der Waals surface area contributed by atoms with Crippen molar-refractivity contribution >= 4 is 11.8 Å². The summed E-state index contributed by atoms with van der Waals surface area (Å²) in [5.74, 6) is 1.29. The van der Waals surface area contributed by atoms with E-state index >= 15 is 0 Å². The molecular formula is C12H25NOS. The topological polar surface area (TPSA) is 32.3 Å². The zero-order chi connectivity index (χ0) is 11.3. The summed E-state index contributed by atoms with van der Waals surface area (Å²) in [4.78, 5) is 0. The van der Waals surface area contributed by atoms with Crippen molar-refractivity contribution in [2.45, 2.75) is 51.7 Å². The lowest BCUT2D eigenvalue weighted by Gasteiger charge is -2.49. The summed E-state index contributed by atoms with van der Waals surface area (Å²) in [6, 6.07) is 0.521. The van der Waals surface area contributed by atoms with Crippen molar-refractivity contribution in [1.82, 2.24) is 5.32 Å². The van der Waals surface area contributed by atoms with Crippen LogP contribution in [0.15, 0.2) is 0 Å². The highest BCUT2D eigenvalue weighted by molar-refractivity contribution is 7.98. The van der Waals surface area contributed by atoms with Gasteiger partial charge in [0.05, 0.1) is 6.10 Å². The van der Waals surface area contributed by atoms with Gasteiger partial charge >= 0.3 is 0 Å². The predicted molar refractivity (Wildman–Crippen MR) is 68.4 cm³/mol. The molecule has 2 N–H and O–H groups in total. The highest BCUT2D eigenvalue weighted by Crippen LogP contribution is 2.40. The van der Waals surface area contributed by atoms with Crippen molar-refractivity contribution in [2.75, 3.05) is 18.6 Å². The lowest BCUT2D eigenvalue weighted by molar-refractivity contribution is -0.0722. The molecular weight excluding hydrogens is 206 g/mol. The summed E-state index contributed by atoms with van der Waals surface area (Å²) in [5, 5.41) is 13.1. The van der Waals surface area contributed by atoms with Crippen molar-refractivity contribution < 1.29 is 5.11 Å². The Hall–Kier alpha value is 0.270. The van der Waals surface area contributed by atoms with Gasteiger partial charge in [0.2, 0.25) is 0 Å². The average molecular weight is 231 g/mol. The highest BCUT2D eigenvalue weighted by atomic mass is 32.2. The van der Waals surface area contributed by atoms with Crippen LogP contribution in [0.25, 0.3) is 0 Å². The van der Waals surface area contributed by atoms with Gasteiger partial charge in [0, 0.05) is 11.5 Å². The fourth-order valence-electron chi connectivity index (χ4n) is 2.07. The average Bonchev–Trinajstić information content (AvgIpc) is 2.21. The molecule has 0 aliphatic heterocycles. The molecule has 0 spiro atoms. The van der Waals surface area contributed by atoms with E-state index < -0.39 is 0 Å². The number of unbranched alkanes of at least 4 members (excludes halogenated alkanes) is 2. The van der Waals surface area contributed by atoms with Crippen LogP contribution < -0.4 is 5.32 Å². The maximum Gasteiger partial charge on any atom is 0.0621 e. The predicted octanol–water partition coefficient (Wildman–Crippen LogP) is 2.27. The maximum absolute atomic E-state index is 9.58. The monoisotopic (exact) mass is 231 g/mol. The highest BCUT2D eigenvalue weighted by Gasteiger charge is 2.46. The number of aliphatic hydroxyl groups is 1. The van der Waals surface area contributed by atoms with E-state index in [1.54, 1.807) is 0 Å². The molecule has 15 heavy (non-hydrogen) atoms. The Morgan fingerprint density at radius 3 is 2.60 bits per heavy atom. The molecule has 1 fully saturated rings. The van der Waals surface area contributed by atoms with Crippen LogP contribution in [0.5, 0.6) is 0 Å². The second-order valence-electron chi connectivity index (χ2n) is 5.13. The van der Waals surface area contributed by atoms with Gasteiger partial charge in [0.1, 0.15) is 0 Å². The first-order chi connectivity index (χ1) is 7.09. The minimum atomic E-state index is -0.105. The van der Waals surface area contributed by atoms with E-state index in [0.717, 1.165) is 13.0 Å². The Balaban J connectivity index is 1.97. The van der Waals surface area contributed by atoms with Crippen LogP contribution in [0.2, 0.25) is 0 Å². The van der Waals surface area contributed by atoms with Gasteiger partial charge in [-0.25, -0.2) is 0 Å². The normalized spacial score (nSPS) is 28.8. The Bertz CT molecular complexity index is 184. The molecule has 1 saturated carbocycles. The van der Waals surface area contributed by atoms with Gasteiger partial charge in [0.15, 0.2) is 0 Å². The van der Waals surface area contributed by atoms with E-state index in [1.807, 2.05) is 11.8 Å². The number of hydrogen-bond donors (Lipinski definition) is 2. The van der Waals surface area contributed by atoms with Gasteiger partial charge in [-0.15, -0.1) is 0 Å². The fraction of sp³-hybridized carbons (Fsp3) is 1.00. The molecule has 90 valence electrons. The minimum Gasteiger partial charge on any atom is -0.392 e. The summed E-state index contributed by atoms with van der Waals surface area (Å²) in [6.07, 6.45) is 6.91. The lowest BCUT2D eigenvalue weighted by atomic mass is 9.64. The Morgan fingerprint density at radius 2 is 2.07 bits per heavy atom. The van der Waals surface area contributed by atoms with E-state index in [4.69, 9.17) is 0 Å². The van der Waals surface area contributed by atoms with Crippen LogP contribution in [0.3, 0.4) is 0 Å². The van der Waals surface area contributed by atoms with E-state index in [2.05, 4.69) is 25.4 Å². The molecule has 0 aromatic carbocycles. The first kappa shape index (κ1) is 13.3. The molecule has 0 bridgehead atoms. The molecule has 0 radical (unpaired) electrons. The molecule has 0 aromatic rings. The Kier molecular flexibility index (Phi) is 5.44. The van der Waals surface area contributed by atoms with Gasteiger partial charge in [0.25, 0.3) is 0 Å². The van der Waals surface area contributed by atoms with Gasteiger partial charge in [-0.1, -0.05) is 20.3 Å². The van der Waals surface area contributed by atoms with Gasteiger partial charge in [-0.05, 0) is 37.8 Å². The molecule has 1 rings (SSSR count). The second-order valence-corrected chi connectivity index (χ2v) is 6.12. The maximum atomic E-state index is 9.58. The zero-order valence-corrected chi connectivity index (χ0v) is 11.1. The van der Waals surface area contributed by atoms with Crippen LogP contribution in [-0.4, -0.2) is 35.8 Å². The standard InChI is InChI=1S/C12H25NOS/c1-12(2)10(9-11(12)14)13-7-5-4-6-8-15-3/h10-11,13-14H,4-9H2,1-3H3. The summed E-state index contributed by atoms with van der Waals surface area (Å²) in [5.41, 5.74) is 0.0826. The quantitative estimate of drug-likeness (QED) is 0.659. The third-order valence-electron chi connectivity index (χ3n) is 3.63. The molecule has 3 heteroatoms.